The minimum absolute atomic E-state index is 0.0376. The Hall–Kier alpha value is -2.57. The van der Waals surface area contributed by atoms with Gasteiger partial charge in [0.25, 0.3) is 11.8 Å². The summed E-state index contributed by atoms with van der Waals surface area (Å²) in [7, 11) is 0. The summed E-state index contributed by atoms with van der Waals surface area (Å²) in [6.45, 7) is 5.67. The molecule has 0 aromatic heterocycles. The monoisotopic (exact) mass is 350 g/mol. The van der Waals surface area contributed by atoms with Crippen molar-refractivity contribution in [1.82, 2.24) is 10.6 Å². The van der Waals surface area contributed by atoms with E-state index >= 15 is 0 Å². The van der Waals surface area contributed by atoms with E-state index in [4.69, 9.17) is 9.47 Å². The fraction of sp³-hybridized carbons (Fsp3) is 0.500. The molecular weight excluding hydrogens is 324 g/mol. The summed E-state index contributed by atoms with van der Waals surface area (Å²) >= 11 is 0. The van der Waals surface area contributed by atoms with Crippen molar-refractivity contribution in [3.8, 4) is 5.75 Å². The second-order valence-corrected chi connectivity index (χ2v) is 5.56. The van der Waals surface area contributed by atoms with Crippen molar-refractivity contribution in [2.75, 3.05) is 19.8 Å². The third-order valence-corrected chi connectivity index (χ3v) is 3.31. The summed E-state index contributed by atoms with van der Waals surface area (Å²) in [6.07, 6.45) is 1.82. The third kappa shape index (κ3) is 8.19. The fourth-order valence-electron chi connectivity index (χ4n) is 2.14. The highest BCUT2D eigenvalue weighted by Crippen LogP contribution is 2.11. The van der Waals surface area contributed by atoms with E-state index in [0.29, 0.717) is 17.9 Å². The SMILES string of the molecule is CCC[C@@H](C)NC(=O)COC(=O)CNC(=O)c1ccc(OCC)cc1. The Balaban J connectivity index is 2.31. The normalized spacial score (nSPS) is 11.3. The molecule has 7 heteroatoms. The van der Waals surface area contributed by atoms with Gasteiger partial charge in [0.05, 0.1) is 6.61 Å². The first-order valence-electron chi connectivity index (χ1n) is 8.42. The van der Waals surface area contributed by atoms with Crippen LogP contribution in [0, 0.1) is 0 Å². The van der Waals surface area contributed by atoms with Crippen molar-refractivity contribution in [3.05, 3.63) is 29.8 Å². The number of esters is 1. The van der Waals surface area contributed by atoms with Gasteiger partial charge in [0.1, 0.15) is 12.3 Å². The van der Waals surface area contributed by atoms with Crippen molar-refractivity contribution in [3.63, 3.8) is 0 Å². The van der Waals surface area contributed by atoms with Crippen molar-refractivity contribution in [1.29, 1.82) is 0 Å². The first-order valence-corrected chi connectivity index (χ1v) is 8.42. The van der Waals surface area contributed by atoms with Crippen LogP contribution in [-0.4, -0.2) is 43.6 Å². The summed E-state index contributed by atoms with van der Waals surface area (Å²) < 4.78 is 10.1. The molecule has 25 heavy (non-hydrogen) atoms. The molecule has 0 aliphatic heterocycles. The number of hydrogen-bond acceptors (Lipinski definition) is 5. The molecule has 1 atom stereocenters. The molecule has 0 aliphatic rings. The first kappa shape index (κ1) is 20.5. The van der Waals surface area contributed by atoms with Crippen LogP contribution in [0.2, 0.25) is 0 Å². The van der Waals surface area contributed by atoms with Crippen LogP contribution in [0.25, 0.3) is 0 Å². The van der Waals surface area contributed by atoms with E-state index in [9.17, 15) is 14.4 Å². The van der Waals surface area contributed by atoms with E-state index in [0.717, 1.165) is 12.8 Å². The molecule has 1 aromatic rings. The number of rotatable bonds is 10. The predicted octanol–water partition coefficient (Wildman–Crippen LogP) is 1.66. The molecule has 0 saturated carbocycles. The van der Waals surface area contributed by atoms with Crippen molar-refractivity contribution in [2.24, 2.45) is 0 Å². The molecule has 0 fully saturated rings. The van der Waals surface area contributed by atoms with Crippen LogP contribution in [0.15, 0.2) is 24.3 Å². The van der Waals surface area contributed by atoms with Gasteiger partial charge < -0.3 is 20.1 Å². The van der Waals surface area contributed by atoms with E-state index in [1.54, 1.807) is 24.3 Å². The van der Waals surface area contributed by atoms with E-state index in [2.05, 4.69) is 10.6 Å². The Morgan fingerprint density at radius 1 is 1.12 bits per heavy atom. The Morgan fingerprint density at radius 3 is 2.40 bits per heavy atom. The highest BCUT2D eigenvalue weighted by molar-refractivity contribution is 5.96. The van der Waals surface area contributed by atoms with E-state index in [1.165, 1.54) is 0 Å². The molecule has 1 rings (SSSR count). The minimum atomic E-state index is -0.669. The maximum absolute atomic E-state index is 11.9. The number of carbonyl (C=O) groups is 3. The molecule has 0 spiro atoms. The van der Waals surface area contributed by atoms with Gasteiger partial charge in [-0.25, -0.2) is 0 Å². The molecule has 0 unspecified atom stereocenters. The van der Waals surface area contributed by atoms with Gasteiger partial charge >= 0.3 is 5.97 Å². The summed E-state index contributed by atoms with van der Waals surface area (Å²) in [5, 5.41) is 5.18. The van der Waals surface area contributed by atoms with Crippen LogP contribution in [0.1, 0.15) is 44.0 Å². The topological polar surface area (TPSA) is 93.7 Å². The van der Waals surface area contributed by atoms with Crippen LogP contribution < -0.4 is 15.4 Å². The van der Waals surface area contributed by atoms with E-state index < -0.39 is 11.9 Å². The molecule has 2 amide bonds. The average molecular weight is 350 g/mol. The molecule has 138 valence electrons. The van der Waals surface area contributed by atoms with Crippen molar-refractivity contribution in [2.45, 2.75) is 39.7 Å². The highest BCUT2D eigenvalue weighted by atomic mass is 16.5. The zero-order valence-electron chi connectivity index (χ0n) is 15.0. The second kappa shape index (κ2) is 11.1. The number of ether oxygens (including phenoxy) is 2. The Labute approximate surface area is 148 Å². The predicted molar refractivity (Wildman–Crippen MR) is 93.4 cm³/mol. The molecule has 0 aliphatic carbocycles. The summed E-state index contributed by atoms with van der Waals surface area (Å²) in [4.78, 5) is 35.1. The molecule has 0 radical (unpaired) electrons. The lowest BCUT2D eigenvalue weighted by molar-refractivity contribution is -0.147. The molecular formula is C18H26N2O5. The van der Waals surface area contributed by atoms with E-state index in [1.807, 2.05) is 20.8 Å². The van der Waals surface area contributed by atoms with Crippen molar-refractivity contribution >= 4 is 17.8 Å². The Morgan fingerprint density at radius 2 is 1.80 bits per heavy atom. The van der Waals surface area contributed by atoms with Gasteiger partial charge in [-0.2, -0.15) is 0 Å². The van der Waals surface area contributed by atoms with Gasteiger partial charge in [-0.3, -0.25) is 14.4 Å². The minimum Gasteiger partial charge on any atom is -0.494 e. The lowest BCUT2D eigenvalue weighted by Crippen LogP contribution is -2.37. The molecule has 0 saturated heterocycles. The van der Waals surface area contributed by atoms with Crippen LogP contribution in [0.5, 0.6) is 5.75 Å². The standard InChI is InChI=1S/C18H26N2O5/c1-4-6-13(3)20-16(21)12-25-17(22)11-19-18(23)14-7-9-15(10-8-14)24-5-2/h7-10,13H,4-6,11-12H2,1-3H3,(H,19,23)(H,20,21)/t13-/m1/s1. The van der Waals surface area contributed by atoms with E-state index in [-0.39, 0.29) is 25.1 Å². The molecule has 0 bridgehead atoms. The summed E-state index contributed by atoms with van der Waals surface area (Å²) in [5.74, 6) is -0.757. The highest BCUT2D eigenvalue weighted by Gasteiger charge is 2.12. The van der Waals surface area contributed by atoms with Gasteiger partial charge in [-0.15, -0.1) is 0 Å². The second-order valence-electron chi connectivity index (χ2n) is 5.56. The number of benzene rings is 1. The average Bonchev–Trinajstić information content (AvgIpc) is 2.59. The van der Waals surface area contributed by atoms with Crippen LogP contribution in [0.4, 0.5) is 0 Å². The van der Waals surface area contributed by atoms with Crippen molar-refractivity contribution < 1.29 is 23.9 Å². The van der Waals surface area contributed by atoms with Gasteiger partial charge in [0.2, 0.25) is 0 Å². The zero-order valence-corrected chi connectivity index (χ0v) is 15.0. The van der Waals surface area contributed by atoms with Gasteiger partial charge in [-0.05, 0) is 44.5 Å². The Bertz CT molecular complexity index is 571. The lowest BCUT2D eigenvalue weighted by atomic mass is 10.2. The summed E-state index contributed by atoms with van der Waals surface area (Å²) in [6, 6.07) is 6.61. The van der Waals surface area contributed by atoms with Gasteiger partial charge in [-0.1, -0.05) is 13.3 Å². The number of carbonyl (C=O) groups excluding carboxylic acids is 3. The van der Waals surface area contributed by atoms with Crippen LogP contribution in [0.3, 0.4) is 0 Å². The Kier molecular flexibility index (Phi) is 9.06. The number of amides is 2. The number of nitrogens with one attached hydrogen (secondary N) is 2. The molecule has 0 heterocycles. The van der Waals surface area contributed by atoms with Crippen LogP contribution in [-0.2, 0) is 14.3 Å². The smallest absolute Gasteiger partial charge is 0.325 e. The van der Waals surface area contributed by atoms with Crippen LogP contribution >= 0.6 is 0 Å². The molecule has 1 aromatic carbocycles. The van der Waals surface area contributed by atoms with Gasteiger partial charge in [0.15, 0.2) is 6.61 Å². The lowest BCUT2D eigenvalue weighted by Gasteiger charge is -2.12. The summed E-state index contributed by atoms with van der Waals surface area (Å²) in [5.41, 5.74) is 0.405. The first-order chi connectivity index (χ1) is 12.0. The van der Waals surface area contributed by atoms with Gasteiger partial charge in [0, 0.05) is 11.6 Å². The largest absolute Gasteiger partial charge is 0.494 e. The fourth-order valence-corrected chi connectivity index (χ4v) is 2.14. The quantitative estimate of drug-likeness (QED) is 0.626. The molecule has 2 N–H and O–H groups in total. The zero-order chi connectivity index (χ0) is 18.7. The maximum atomic E-state index is 11.9. The third-order valence-electron chi connectivity index (χ3n) is 3.31. The number of hydrogen-bond donors (Lipinski definition) is 2. The molecule has 7 nitrogen and oxygen atoms in total. The maximum Gasteiger partial charge on any atom is 0.325 e.